The molecule has 0 aromatic heterocycles. The van der Waals surface area contributed by atoms with Gasteiger partial charge in [-0.05, 0) is 12.5 Å². The number of carboxylic acids is 1. The number of rotatable bonds is 8. The summed E-state index contributed by atoms with van der Waals surface area (Å²) >= 11 is 0. The van der Waals surface area contributed by atoms with Crippen LogP contribution in [0.2, 0.25) is 0 Å². The summed E-state index contributed by atoms with van der Waals surface area (Å²) in [5.74, 6) is -1.95. The number of carbonyl (C=O) groups is 2. The van der Waals surface area contributed by atoms with Crippen molar-refractivity contribution in [3.05, 3.63) is 27.8 Å². The van der Waals surface area contributed by atoms with E-state index in [1.807, 2.05) is 0 Å². The molecule has 0 spiro atoms. The van der Waals surface area contributed by atoms with Crippen LogP contribution < -0.4 is 10.1 Å². The van der Waals surface area contributed by atoms with E-state index in [2.05, 4.69) is 5.32 Å². The lowest BCUT2D eigenvalue weighted by Crippen LogP contribution is -2.33. The molecule has 0 aliphatic carbocycles. The fourth-order valence-corrected chi connectivity index (χ4v) is 2.10. The number of amides is 1. The predicted molar refractivity (Wildman–Crippen MR) is 87.1 cm³/mol. The van der Waals surface area contributed by atoms with Crippen LogP contribution in [-0.4, -0.2) is 66.8 Å². The van der Waals surface area contributed by atoms with Gasteiger partial charge in [0.15, 0.2) is 6.61 Å². The van der Waals surface area contributed by atoms with E-state index in [9.17, 15) is 24.8 Å². The van der Waals surface area contributed by atoms with Gasteiger partial charge in [0, 0.05) is 33.3 Å². The number of carboxylic acid groups (broad SMARTS) is 1. The van der Waals surface area contributed by atoms with E-state index in [0.717, 1.165) is 12.5 Å². The molecule has 10 nitrogen and oxygen atoms in total. The van der Waals surface area contributed by atoms with Crippen LogP contribution in [0.1, 0.15) is 16.8 Å². The Morgan fingerprint density at radius 2 is 2.16 bits per heavy atom. The van der Waals surface area contributed by atoms with E-state index in [1.54, 1.807) is 0 Å². The number of benzene rings is 1. The summed E-state index contributed by atoms with van der Waals surface area (Å²) in [6.07, 6.45) is 0.743. The number of hydrogen-bond acceptors (Lipinski definition) is 7. The van der Waals surface area contributed by atoms with Crippen LogP contribution in [0.4, 0.5) is 11.4 Å². The minimum absolute atomic E-state index is 0.00713. The molecule has 0 radical (unpaired) electrons. The number of nitro groups is 1. The minimum Gasteiger partial charge on any atom is -0.478 e. The van der Waals surface area contributed by atoms with Crippen molar-refractivity contribution in [2.45, 2.75) is 12.5 Å². The first kappa shape index (κ1) is 18.5. The number of nitro benzene ring substituents is 1. The van der Waals surface area contributed by atoms with Gasteiger partial charge in [-0.3, -0.25) is 14.9 Å². The second kappa shape index (κ2) is 7.79. The molecule has 0 bridgehead atoms. The van der Waals surface area contributed by atoms with Gasteiger partial charge in [0.1, 0.15) is 5.69 Å². The molecule has 136 valence electrons. The second-order valence-electron chi connectivity index (χ2n) is 5.67. The minimum atomic E-state index is -1.26. The smallest absolute Gasteiger partial charge is 0.335 e. The number of ether oxygens (including phenoxy) is 2. The largest absolute Gasteiger partial charge is 0.478 e. The molecule has 10 heteroatoms. The fraction of sp³-hybridized carbons (Fsp3) is 0.467. The summed E-state index contributed by atoms with van der Waals surface area (Å²) in [7, 11) is 3.03. The number of aromatic carboxylic acids is 1. The molecule has 25 heavy (non-hydrogen) atoms. The van der Waals surface area contributed by atoms with Gasteiger partial charge in [-0.2, -0.15) is 0 Å². The zero-order valence-electron chi connectivity index (χ0n) is 13.9. The van der Waals surface area contributed by atoms with Crippen LogP contribution >= 0.6 is 0 Å². The number of nitrogens with one attached hydrogen (secondary N) is 1. The van der Waals surface area contributed by atoms with Crippen LogP contribution in [0.5, 0.6) is 5.75 Å². The lowest BCUT2D eigenvalue weighted by Gasteiger charge is -2.27. The van der Waals surface area contributed by atoms with Gasteiger partial charge in [0.2, 0.25) is 5.75 Å². The van der Waals surface area contributed by atoms with Crippen molar-refractivity contribution in [3.8, 4) is 5.75 Å². The van der Waals surface area contributed by atoms with Gasteiger partial charge in [0.05, 0.1) is 16.6 Å². The molecule has 2 N–H and O–H groups in total. The standard InChI is InChI=1S/C15H19N3O7/c1-17(2)13(19)8-25-12-6-9(15(20)21)5-11(14(12)18(22)23)16-7-10-3-4-24-10/h5-6,10,16H,3-4,7-8H2,1-2H3,(H,20,21). The third kappa shape index (κ3) is 4.57. The summed E-state index contributed by atoms with van der Waals surface area (Å²) in [6.45, 7) is 0.493. The summed E-state index contributed by atoms with van der Waals surface area (Å²) in [5.41, 5.74) is -0.599. The predicted octanol–water partition coefficient (Wildman–Crippen LogP) is 0.961. The van der Waals surface area contributed by atoms with Crippen molar-refractivity contribution in [1.82, 2.24) is 4.90 Å². The SMILES string of the molecule is CN(C)C(=O)COc1cc(C(=O)O)cc(NCC2CCO2)c1[N+](=O)[O-]. The highest BCUT2D eigenvalue weighted by molar-refractivity contribution is 5.91. The molecular formula is C15H19N3O7. The van der Waals surface area contributed by atoms with Crippen LogP contribution in [0, 0.1) is 10.1 Å². The molecule has 1 unspecified atom stereocenters. The average Bonchev–Trinajstić information content (AvgIpc) is 2.49. The van der Waals surface area contributed by atoms with Crippen molar-refractivity contribution in [1.29, 1.82) is 0 Å². The third-order valence-corrected chi connectivity index (χ3v) is 3.67. The number of nitrogens with zero attached hydrogens (tertiary/aromatic N) is 2. The van der Waals surface area contributed by atoms with E-state index in [-0.39, 0.29) is 23.1 Å². The third-order valence-electron chi connectivity index (χ3n) is 3.67. The highest BCUT2D eigenvalue weighted by Crippen LogP contribution is 2.37. The molecule has 1 atom stereocenters. The van der Waals surface area contributed by atoms with Crippen molar-refractivity contribution in [3.63, 3.8) is 0 Å². The van der Waals surface area contributed by atoms with E-state index in [1.165, 1.54) is 25.1 Å². The molecule has 1 aromatic rings. The van der Waals surface area contributed by atoms with E-state index < -0.39 is 29.1 Å². The monoisotopic (exact) mass is 353 g/mol. The number of likely N-dealkylation sites (N-methyl/N-ethyl adjacent to an activating group) is 1. The molecule has 1 aliphatic heterocycles. The van der Waals surface area contributed by atoms with Gasteiger partial charge in [-0.1, -0.05) is 0 Å². The first-order valence-electron chi connectivity index (χ1n) is 7.53. The Balaban J connectivity index is 2.32. The zero-order valence-corrected chi connectivity index (χ0v) is 13.9. The summed E-state index contributed by atoms with van der Waals surface area (Å²) in [6, 6.07) is 2.20. The van der Waals surface area contributed by atoms with Gasteiger partial charge in [-0.15, -0.1) is 0 Å². The zero-order chi connectivity index (χ0) is 18.6. The van der Waals surface area contributed by atoms with Gasteiger partial charge >= 0.3 is 11.7 Å². The Kier molecular flexibility index (Phi) is 5.75. The molecule has 1 saturated heterocycles. The average molecular weight is 353 g/mol. The maximum absolute atomic E-state index is 11.6. The Morgan fingerprint density at radius 1 is 1.48 bits per heavy atom. The van der Waals surface area contributed by atoms with Crippen LogP contribution in [0.25, 0.3) is 0 Å². The Bertz CT molecular complexity index is 686. The summed E-state index contributed by atoms with van der Waals surface area (Å²) in [5, 5.41) is 23.5. The number of hydrogen-bond donors (Lipinski definition) is 2. The molecule has 1 fully saturated rings. The fourth-order valence-electron chi connectivity index (χ4n) is 2.10. The van der Waals surface area contributed by atoms with Crippen LogP contribution in [0.15, 0.2) is 12.1 Å². The lowest BCUT2D eigenvalue weighted by atomic mass is 10.1. The molecule has 0 saturated carbocycles. The maximum atomic E-state index is 11.6. The van der Waals surface area contributed by atoms with E-state index in [4.69, 9.17) is 9.47 Å². The lowest BCUT2D eigenvalue weighted by molar-refractivity contribution is -0.384. The molecule has 1 aliphatic rings. The Labute approximate surface area is 143 Å². The Hall–Kier alpha value is -2.88. The molecule has 1 amide bonds. The summed E-state index contributed by atoms with van der Waals surface area (Å²) in [4.78, 5) is 35.0. The van der Waals surface area contributed by atoms with Gasteiger partial charge in [-0.25, -0.2) is 4.79 Å². The molecule has 2 rings (SSSR count). The Morgan fingerprint density at radius 3 is 2.64 bits per heavy atom. The van der Waals surface area contributed by atoms with Crippen molar-refractivity contribution < 1.29 is 29.1 Å². The molecular weight excluding hydrogens is 334 g/mol. The van der Waals surface area contributed by atoms with Crippen LogP contribution in [0.3, 0.4) is 0 Å². The topological polar surface area (TPSA) is 131 Å². The second-order valence-corrected chi connectivity index (χ2v) is 5.67. The van der Waals surface area contributed by atoms with Gasteiger partial charge < -0.3 is 24.8 Å². The van der Waals surface area contributed by atoms with Crippen molar-refractivity contribution in [2.75, 3.05) is 39.2 Å². The summed E-state index contributed by atoms with van der Waals surface area (Å²) < 4.78 is 10.5. The van der Waals surface area contributed by atoms with Crippen LogP contribution in [-0.2, 0) is 9.53 Å². The quantitative estimate of drug-likeness (QED) is 0.522. The van der Waals surface area contributed by atoms with Crippen molar-refractivity contribution in [2.24, 2.45) is 0 Å². The first-order chi connectivity index (χ1) is 11.8. The van der Waals surface area contributed by atoms with Gasteiger partial charge in [0.25, 0.3) is 5.91 Å². The first-order valence-corrected chi connectivity index (χ1v) is 7.53. The molecule has 1 heterocycles. The number of carbonyl (C=O) groups excluding carboxylic acids is 1. The molecule has 1 aromatic carbocycles. The normalized spacial score (nSPS) is 15.8. The number of anilines is 1. The highest BCUT2D eigenvalue weighted by Gasteiger charge is 2.27. The van der Waals surface area contributed by atoms with E-state index >= 15 is 0 Å². The van der Waals surface area contributed by atoms with E-state index in [0.29, 0.717) is 13.2 Å². The maximum Gasteiger partial charge on any atom is 0.335 e. The van der Waals surface area contributed by atoms with Crippen molar-refractivity contribution >= 4 is 23.3 Å². The highest BCUT2D eigenvalue weighted by atomic mass is 16.6.